The monoisotopic (exact) mass is 301 g/mol. The number of thiophene rings is 1. The Morgan fingerprint density at radius 3 is 2.69 bits per heavy atom. The van der Waals surface area contributed by atoms with Gasteiger partial charge < -0.3 is 5.32 Å². The molecule has 0 fully saturated rings. The standard InChI is InChI=1S/C13H20BrNS/c1-10(12-11(14)7-9-16-12)6-5-8-15-13(2,3)4/h6-7,9,15H,5,8H2,1-4H3. The van der Waals surface area contributed by atoms with Crippen LogP contribution in [0.1, 0.15) is 39.0 Å². The van der Waals surface area contributed by atoms with Gasteiger partial charge in [-0.2, -0.15) is 0 Å². The molecule has 3 heteroatoms. The Morgan fingerprint density at radius 2 is 2.19 bits per heavy atom. The van der Waals surface area contributed by atoms with Crippen molar-refractivity contribution in [3.63, 3.8) is 0 Å². The van der Waals surface area contributed by atoms with E-state index in [4.69, 9.17) is 0 Å². The molecule has 1 nitrogen and oxygen atoms in total. The lowest BCUT2D eigenvalue weighted by molar-refractivity contribution is 0.431. The molecule has 1 N–H and O–H groups in total. The van der Waals surface area contributed by atoms with Crippen molar-refractivity contribution in [3.8, 4) is 0 Å². The Balaban J connectivity index is 2.44. The second-order valence-corrected chi connectivity index (χ2v) is 6.72. The van der Waals surface area contributed by atoms with Crippen LogP contribution in [-0.4, -0.2) is 12.1 Å². The van der Waals surface area contributed by atoms with Gasteiger partial charge >= 0.3 is 0 Å². The van der Waals surface area contributed by atoms with Crippen molar-refractivity contribution in [2.45, 2.75) is 39.7 Å². The molecular weight excluding hydrogens is 282 g/mol. The van der Waals surface area contributed by atoms with Crippen LogP contribution in [0.25, 0.3) is 5.57 Å². The second kappa shape index (κ2) is 5.99. The van der Waals surface area contributed by atoms with Gasteiger partial charge in [0.1, 0.15) is 0 Å². The van der Waals surface area contributed by atoms with Gasteiger partial charge in [-0.25, -0.2) is 0 Å². The number of rotatable bonds is 4. The number of allylic oxidation sites excluding steroid dienone is 1. The molecule has 1 aromatic rings. The van der Waals surface area contributed by atoms with Crippen molar-refractivity contribution in [1.82, 2.24) is 5.32 Å². The molecule has 0 aliphatic carbocycles. The minimum Gasteiger partial charge on any atom is -0.312 e. The van der Waals surface area contributed by atoms with Crippen molar-refractivity contribution < 1.29 is 0 Å². The van der Waals surface area contributed by atoms with Crippen LogP contribution >= 0.6 is 27.3 Å². The van der Waals surface area contributed by atoms with Crippen molar-refractivity contribution in [3.05, 3.63) is 26.9 Å². The molecule has 0 spiro atoms. The molecule has 0 bridgehead atoms. The van der Waals surface area contributed by atoms with Crippen molar-refractivity contribution in [2.75, 3.05) is 6.54 Å². The highest BCUT2D eigenvalue weighted by atomic mass is 79.9. The van der Waals surface area contributed by atoms with Gasteiger partial charge in [0.05, 0.1) is 0 Å². The topological polar surface area (TPSA) is 12.0 Å². The van der Waals surface area contributed by atoms with Gasteiger partial charge in [-0.1, -0.05) is 6.08 Å². The van der Waals surface area contributed by atoms with Gasteiger partial charge in [-0.3, -0.25) is 0 Å². The molecular formula is C13H20BrNS. The van der Waals surface area contributed by atoms with E-state index in [0.29, 0.717) is 0 Å². The van der Waals surface area contributed by atoms with Crippen LogP contribution in [0.3, 0.4) is 0 Å². The summed E-state index contributed by atoms with van der Waals surface area (Å²) < 4.78 is 1.20. The minimum absolute atomic E-state index is 0.214. The Bertz CT molecular complexity index is 360. The minimum atomic E-state index is 0.214. The highest BCUT2D eigenvalue weighted by molar-refractivity contribution is 9.10. The zero-order chi connectivity index (χ0) is 12.2. The summed E-state index contributed by atoms with van der Waals surface area (Å²) in [6.45, 7) is 9.79. The van der Waals surface area contributed by atoms with E-state index >= 15 is 0 Å². The summed E-state index contributed by atoms with van der Waals surface area (Å²) in [5.41, 5.74) is 1.57. The quantitative estimate of drug-likeness (QED) is 0.795. The third-order valence-corrected chi connectivity index (χ3v) is 4.20. The van der Waals surface area contributed by atoms with Crippen molar-refractivity contribution in [1.29, 1.82) is 0 Å². The van der Waals surface area contributed by atoms with Crippen LogP contribution < -0.4 is 5.32 Å². The van der Waals surface area contributed by atoms with Gasteiger partial charge in [0.2, 0.25) is 0 Å². The van der Waals surface area contributed by atoms with Crippen LogP contribution in [-0.2, 0) is 0 Å². The summed E-state index contributed by atoms with van der Waals surface area (Å²) in [4.78, 5) is 1.34. The fourth-order valence-electron chi connectivity index (χ4n) is 1.40. The molecule has 0 saturated carbocycles. The molecule has 0 radical (unpaired) electrons. The predicted octanol–water partition coefficient (Wildman–Crippen LogP) is 4.69. The van der Waals surface area contributed by atoms with Gasteiger partial charge in [-0.15, -0.1) is 11.3 Å². The number of halogens is 1. The molecule has 1 heterocycles. The average molecular weight is 302 g/mol. The maximum absolute atomic E-state index is 3.56. The summed E-state index contributed by atoms with van der Waals surface area (Å²) in [6, 6.07) is 2.10. The zero-order valence-electron chi connectivity index (χ0n) is 10.4. The molecule has 0 aliphatic rings. The fourth-order valence-corrected chi connectivity index (χ4v) is 3.09. The molecule has 0 aliphatic heterocycles. The predicted molar refractivity (Wildman–Crippen MR) is 78.0 cm³/mol. The van der Waals surface area contributed by atoms with E-state index in [1.54, 1.807) is 11.3 Å². The van der Waals surface area contributed by atoms with E-state index < -0.39 is 0 Å². The van der Waals surface area contributed by atoms with Crippen LogP contribution in [0.2, 0.25) is 0 Å². The lowest BCUT2D eigenvalue weighted by atomic mass is 10.1. The maximum Gasteiger partial charge on any atom is 0.0438 e. The normalized spacial score (nSPS) is 13.2. The molecule has 1 aromatic heterocycles. The van der Waals surface area contributed by atoms with E-state index in [1.807, 2.05) is 0 Å². The van der Waals surface area contributed by atoms with Crippen molar-refractivity contribution >= 4 is 32.8 Å². The van der Waals surface area contributed by atoms with Gasteiger partial charge in [0.25, 0.3) is 0 Å². The highest BCUT2D eigenvalue weighted by Crippen LogP contribution is 2.29. The molecule has 90 valence electrons. The zero-order valence-corrected chi connectivity index (χ0v) is 12.8. The molecule has 16 heavy (non-hydrogen) atoms. The Kier molecular flexibility index (Phi) is 5.22. The first-order valence-electron chi connectivity index (χ1n) is 5.55. The molecule has 0 unspecified atom stereocenters. The molecule has 1 rings (SSSR count). The maximum atomic E-state index is 3.56. The van der Waals surface area contributed by atoms with Gasteiger partial charge in [0, 0.05) is 14.9 Å². The fraction of sp³-hybridized carbons (Fsp3) is 0.538. The lowest BCUT2D eigenvalue weighted by Gasteiger charge is -2.19. The van der Waals surface area contributed by atoms with E-state index in [-0.39, 0.29) is 5.54 Å². The van der Waals surface area contributed by atoms with Crippen LogP contribution in [0, 0.1) is 0 Å². The molecule has 0 atom stereocenters. The molecule has 0 amide bonds. The Hall–Kier alpha value is -0.120. The summed E-state index contributed by atoms with van der Waals surface area (Å²) in [6.07, 6.45) is 3.38. The van der Waals surface area contributed by atoms with E-state index in [0.717, 1.165) is 13.0 Å². The first kappa shape index (κ1) is 13.9. The van der Waals surface area contributed by atoms with Crippen LogP contribution in [0.4, 0.5) is 0 Å². The van der Waals surface area contributed by atoms with Crippen molar-refractivity contribution in [2.24, 2.45) is 0 Å². The summed E-state index contributed by atoms with van der Waals surface area (Å²) in [5, 5.41) is 5.60. The third kappa shape index (κ3) is 4.81. The summed E-state index contributed by atoms with van der Waals surface area (Å²) in [5.74, 6) is 0. The van der Waals surface area contributed by atoms with Gasteiger partial charge in [0.15, 0.2) is 0 Å². The highest BCUT2D eigenvalue weighted by Gasteiger charge is 2.07. The van der Waals surface area contributed by atoms with Crippen LogP contribution in [0.15, 0.2) is 22.0 Å². The Morgan fingerprint density at radius 1 is 1.50 bits per heavy atom. The number of hydrogen-bond acceptors (Lipinski definition) is 2. The SMILES string of the molecule is CC(=CCCNC(C)(C)C)c1sccc1Br. The summed E-state index contributed by atoms with van der Waals surface area (Å²) >= 11 is 5.35. The first-order valence-corrected chi connectivity index (χ1v) is 7.22. The lowest BCUT2D eigenvalue weighted by Crippen LogP contribution is -2.36. The first-order chi connectivity index (χ1) is 7.40. The van der Waals surface area contributed by atoms with E-state index in [2.05, 4.69) is 66.5 Å². The largest absolute Gasteiger partial charge is 0.312 e. The van der Waals surface area contributed by atoms with E-state index in [9.17, 15) is 0 Å². The Labute approximate surface area is 111 Å². The third-order valence-electron chi connectivity index (χ3n) is 2.23. The van der Waals surface area contributed by atoms with E-state index in [1.165, 1.54) is 14.9 Å². The molecule has 0 saturated heterocycles. The second-order valence-electron chi connectivity index (χ2n) is 4.95. The summed E-state index contributed by atoms with van der Waals surface area (Å²) in [7, 11) is 0. The van der Waals surface area contributed by atoms with Crippen LogP contribution in [0.5, 0.6) is 0 Å². The smallest absolute Gasteiger partial charge is 0.0438 e. The number of hydrogen-bond donors (Lipinski definition) is 1. The van der Waals surface area contributed by atoms with Gasteiger partial charge in [-0.05, 0) is 73.6 Å². The average Bonchev–Trinajstić information content (AvgIpc) is 2.57. The molecule has 0 aromatic carbocycles. The number of nitrogens with one attached hydrogen (secondary N) is 1.